The number of sulfonamides is 1. The first-order valence-corrected chi connectivity index (χ1v) is 8.59. The van der Waals surface area contributed by atoms with Gasteiger partial charge in [0.25, 0.3) is 10.0 Å². The standard InChI is InChI=1S/C13H10ClNO4S2/c14-12-3-4-13(20-12)21(16,17)15-7-10-1-2-11(19-10)9-5-6-18-8-9/h1-6,8,15H,7H2. The third kappa shape index (κ3) is 3.21. The van der Waals surface area contributed by atoms with Crippen LogP contribution in [0.2, 0.25) is 4.34 Å². The van der Waals surface area contributed by atoms with E-state index in [2.05, 4.69) is 4.72 Å². The average Bonchev–Trinajstić information content (AvgIpc) is 3.17. The molecule has 0 unspecified atom stereocenters. The molecule has 8 heteroatoms. The van der Waals surface area contributed by atoms with Crippen molar-refractivity contribution in [2.45, 2.75) is 10.8 Å². The van der Waals surface area contributed by atoms with Gasteiger partial charge in [-0.2, -0.15) is 0 Å². The molecule has 3 aromatic rings. The number of hydrogen-bond donors (Lipinski definition) is 1. The van der Waals surface area contributed by atoms with Crippen molar-refractivity contribution in [1.29, 1.82) is 0 Å². The Morgan fingerprint density at radius 1 is 1.19 bits per heavy atom. The van der Waals surface area contributed by atoms with E-state index in [-0.39, 0.29) is 10.8 Å². The number of furan rings is 2. The second-order valence-electron chi connectivity index (χ2n) is 4.16. The molecular formula is C13H10ClNO4S2. The minimum atomic E-state index is -3.58. The van der Waals surface area contributed by atoms with Crippen LogP contribution in [0.5, 0.6) is 0 Å². The van der Waals surface area contributed by atoms with Gasteiger partial charge >= 0.3 is 0 Å². The lowest BCUT2D eigenvalue weighted by Gasteiger charge is -2.02. The van der Waals surface area contributed by atoms with Gasteiger partial charge in [-0.1, -0.05) is 11.6 Å². The normalized spacial score (nSPS) is 11.9. The monoisotopic (exact) mass is 343 g/mol. The molecule has 21 heavy (non-hydrogen) atoms. The number of rotatable bonds is 5. The molecule has 0 aliphatic rings. The van der Waals surface area contributed by atoms with Crippen LogP contribution < -0.4 is 4.72 Å². The molecule has 3 rings (SSSR count). The van der Waals surface area contributed by atoms with Gasteiger partial charge in [0.15, 0.2) is 0 Å². The van der Waals surface area contributed by atoms with Gasteiger partial charge in [0.05, 0.1) is 22.7 Å². The van der Waals surface area contributed by atoms with Crippen LogP contribution in [0.3, 0.4) is 0 Å². The summed E-state index contributed by atoms with van der Waals surface area (Å²) in [5.74, 6) is 1.13. The molecule has 5 nitrogen and oxygen atoms in total. The molecule has 0 bridgehead atoms. The minimum absolute atomic E-state index is 0.0652. The minimum Gasteiger partial charge on any atom is -0.472 e. The predicted octanol–water partition coefficient (Wildman–Crippen LogP) is 3.73. The number of thiophene rings is 1. The summed E-state index contributed by atoms with van der Waals surface area (Å²) in [4.78, 5) is 0. The largest absolute Gasteiger partial charge is 0.472 e. The summed E-state index contributed by atoms with van der Waals surface area (Å²) in [5, 5.41) is 0. The molecule has 0 fully saturated rings. The molecule has 0 aliphatic carbocycles. The highest BCUT2D eigenvalue weighted by Crippen LogP contribution is 2.26. The molecule has 0 spiro atoms. The van der Waals surface area contributed by atoms with Gasteiger partial charge in [0.1, 0.15) is 22.0 Å². The van der Waals surface area contributed by atoms with Crippen molar-refractivity contribution in [1.82, 2.24) is 4.72 Å². The molecule has 0 aliphatic heterocycles. The van der Waals surface area contributed by atoms with E-state index in [1.807, 2.05) is 0 Å². The molecular weight excluding hydrogens is 334 g/mol. The molecule has 3 heterocycles. The van der Waals surface area contributed by atoms with Gasteiger partial charge in [-0.05, 0) is 30.3 Å². The van der Waals surface area contributed by atoms with Crippen LogP contribution in [0.1, 0.15) is 5.76 Å². The van der Waals surface area contributed by atoms with Crippen LogP contribution in [-0.4, -0.2) is 8.42 Å². The van der Waals surface area contributed by atoms with Crippen molar-refractivity contribution in [3.05, 3.63) is 53.0 Å². The molecule has 0 amide bonds. The zero-order chi connectivity index (χ0) is 14.9. The molecule has 1 N–H and O–H groups in total. The Bertz CT molecular complexity index is 833. The fourth-order valence-electron chi connectivity index (χ4n) is 1.71. The summed E-state index contributed by atoms with van der Waals surface area (Å²) in [6.07, 6.45) is 3.10. The lowest BCUT2D eigenvalue weighted by molar-refractivity contribution is 0.508. The third-order valence-electron chi connectivity index (χ3n) is 2.72. The van der Waals surface area contributed by atoms with E-state index in [0.29, 0.717) is 15.9 Å². The molecule has 0 radical (unpaired) electrons. The third-order valence-corrected chi connectivity index (χ3v) is 5.84. The second-order valence-corrected chi connectivity index (χ2v) is 7.87. The molecule has 110 valence electrons. The summed E-state index contributed by atoms with van der Waals surface area (Å²) in [5.41, 5.74) is 0.800. The van der Waals surface area contributed by atoms with Crippen LogP contribution in [-0.2, 0) is 16.6 Å². The first-order chi connectivity index (χ1) is 10.0. The Labute approximate surface area is 130 Å². The molecule has 0 aromatic carbocycles. The Morgan fingerprint density at radius 3 is 2.71 bits per heavy atom. The predicted molar refractivity (Wildman–Crippen MR) is 79.8 cm³/mol. The van der Waals surface area contributed by atoms with Gasteiger partial charge in [-0.3, -0.25) is 0 Å². The topological polar surface area (TPSA) is 72.5 Å². The maximum absolute atomic E-state index is 12.0. The molecule has 0 atom stereocenters. The van der Waals surface area contributed by atoms with Gasteiger partial charge in [0, 0.05) is 0 Å². The van der Waals surface area contributed by atoms with Gasteiger partial charge in [-0.25, -0.2) is 13.1 Å². The lowest BCUT2D eigenvalue weighted by atomic mass is 10.3. The Hall–Kier alpha value is -1.54. The van der Waals surface area contributed by atoms with Crippen LogP contribution in [0.4, 0.5) is 0 Å². The Balaban J connectivity index is 1.71. The van der Waals surface area contributed by atoms with Gasteiger partial charge in [0.2, 0.25) is 0 Å². The quantitative estimate of drug-likeness (QED) is 0.766. The fourth-order valence-corrected chi connectivity index (χ4v) is 4.23. The first kappa shape index (κ1) is 14.4. The highest BCUT2D eigenvalue weighted by atomic mass is 35.5. The zero-order valence-corrected chi connectivity index (χ0v) is 13.0. The second kappa shape index (κ2) is 5.69. The summed E-state index contributed by atoms with van der Waals surface area (Å²) in [6.45, 7) is 0.0652. The van der Waals surface area contributed by atoms with Crippen LogP contribution in [0.15, 0.2) is 55.9 Å². The number of hydrogen-bond acceptors (Lipinski definition) is 5. The van der Waals surface area contributed by atoms with Crippen molar-refractivity contribution in [3.63, 3.8) is 0 Å². The maximum atomic E-state index is 12.0. The molecule has 0 saturated carbocycles. The SMILES string of the molecule is O=S(=O)(NCc1ccc(-c2ccoc2)o1)c1ccc(Cl)s1. The van der Waals surface area contributed by atoms with E-state index < -0.39 is 10.0 Å². The van der Waals surface area contributed by atoms with E-state index in [4.69, 9.17) is 20.4 Å². The Kier molecular flexibility index (Phi) is 3.90. The fraction of sp³-hybridized carbons (Fsp3) is 0.0769. The van der Waals surface area contributed by atoms with Gasteiger partial charge in [-0.15, -0.1) is 11.3 Å². The highest BCUT2D eigenvalue weighted by Gasteiger charge is 2.17. The van der Waals surface area contributed by atoms with Crippen molar-refractivity contribution < 1.29 is 17.3 Å². The van der Waals surface area contributed by atoms with Crippen molar-refractivity contribution in [2.24, 2.45) is 0 Å². The van der Waals surface area contributed by atoms with E-state index in [0.717, 1.165) is 16.9 Å². The van der Waals surface area contributed by atoms with Crippen molar-refractivity contribution in [2.75, 3.05) is 0 Å². The van der Waals surface area contributed by atoms with Crippen LogP contribution >= 0.6 is 22.9 Å². The Morgan fingerprint density at radius 2 is 2.05 bits per heavy atom. The van der Waals surface area contributed by atoms with Crippen molar-refractivity contribution >= 4 is 33.0 Å². The van der Waals surface area contributed by atoms with Gasteiger partial charge < -0.3 is 8.83 Å². The number of halogens is 1. The van der Waals surface area contributed by atoms with E-state index in [1.165, 1.54) is 6.07 Å². The summed E-state index contributed by atoms with van der Waals surface area (Å²) in [7, 11) is -3.58. The van der Waals surface area contributed by atoms with Crippen LogP contribution in [0.25, 0.3) is 11.3 Å². The lowest BCUT2D eigenvalue weighted by Crippen LogP contribution is -2.22. The first-order valence-electron chi connectivity index (χ1n) is 5.91. The zero-order valence-electron chi connectivity index (χ0n) is 10.6. The van der Waals surface area contributed by atoms with E-state index in [9.17, 15) is 8.42 Å². The number of nitrogens with one attached hydrogen (secondary N) is 1. The summed E-state index contributed by atoms with van der Waals surface area (Å²) in [6, 6.07) is 8.25. The molecule has 3 aromatic heterocycles. The van der Waals surface area contributed by atoms with E-state index in [1.54, 1.807) is 36.8 Å². The molecule has 0 saturated heterocycles. The maximum Gasteiger partial charge on any atom is 0.250 e. The van der Waals surface area contributed by atoms with E-state index >= 15 is 0 Å². The smallest absolute Gasteiger partial charge is 0.250 e. The van der Waals surface area contributed by atoms with Crippen LogP contribution in [0, 0.1) is 0 Å². The summed E-state index contributed by atoms with van der Waals surface area (Å²) >= 11 is 6.75. The van der Waals surface area contributed by atoms with Crippen molar-refractivity contribution in [3.8, 4) is 11.3 Å². The summed E-state index contributed by atoms with van der Waals surface area (Å²) < 4.78 is 37.7. The average molecular weight is 344 g/mol. The highest BCUT2D eigenvalue weighted by molar-refractivity contribution is 7.91.